The summed E-state index contributed by atoms with van der Waals surface area (Å²) in [5.41, 5.74) is 3.48. The molecule has 0 radical (unpaired) electrons. The van der Waals surface area contributed by atoms with Crippen molar-refractivity contribution in [3.63, 3.8) is 0 Å². The van der Waals surface area contributed by atoms with Gasteiger partial charge in [-0.25, -0.2) is 8.42 Å². The molecule has 1 amide bonds. The molecule has 1 aliphatic carbocycles. The number of sulfonamides is 1. The maximum Gasteiger partial charge on any atom is 0.243 e. The molecule has 1 saturated heterocycles. The van der Waals surface area contributed by atoms with Crippen molar-refractivity contribution >= 4 is 15.9 Å². The first kappa shape index (κ1) is 24.5. The maximum absolute atomic E-state index is 13.2. The third-order valence-corrected chi connectivity index (χ3v) is 8.97. The molecule has 0 bridgehead atoms. The highest BCUT2D eigenvalue weighted by Crippen LogP contribution is 2.30. The number of hydrogen-bond donors (Lipinski definition) is 0. The van der Waals surface area contributed by atoms with Crippen LogP contribution in [0.2, 0.25) is 0 Å². The van der Waals surface area contributed by atoms with Crippen LogP contribution in [0, 0.1) is 5.92 Å². The number of carbonyl (C=O) groups is 1. The van der Waals surface area contributed by atoms with Gasteiger partial charge in [0.15, 0.2) is 11.5 Å². The van der Waals surface area contributed by atoms with Crippen LogP contribution >= 0.6 is 0 Å². The SMILES string of the molecule is COc1ccc(CCN(C)C(=O)C2CCN(S(=O)(=O)c3ccc4c(c3)CCC4)CC2)cc1OC. The molecule has 4 rings (SSSR count). The summed E-state index contributed by atoms with van der Waals surface area (Å²) in [5.74, 6) is 1.28. The topological polar surface area (TPSA) is 76.2 Å². The lowest BCUT2D eigenvalue weighted by Gasteiger charge is -2.32. The van der Waals surface area contributed by atoms with E-state index in [9.17, 15) is 13.2 Å². The molecule has 0 spiro atoms. The van der Waals surface area contributed by atoms with Gasteiger partial charge in [0.2, 0.25) is 15.9 Å². The van der Waals surface area contributed by atoms with Crippen LogP contribution in [-0.2, 0) is 34.1 Å². The summed E-state index contributed by atoms with van der Waals surface area (Å²) < 4.78 is 38.5. The molecule has 1 aliphatic heterocycles. The Morgan fingerprint density at radius 2 is 1.71 bits per heavy atom. The van der Waals surface area contributed by atoms with Crippen LogP contribution in [0.25, 0.3) is 0 Å². The Labute approximate surface area is 202 Å². The van der Waals surface area contributed by atoms with Crippen molar-refractivity contribution < 1.29 is 22.7 Å². The second-order valence-electron chi connectivity index (χ2n) is 9.16. The number of likely N-dealkylation sites (N-methyl/N-ethyl adjacent to an activating group) is 1. The van der Waals surface area contributed by atoms with Gasteiger partial charge in [-0.15, -0.1) is 0 Å². The van der Waals surface area contributed by atoms with E-state index in [1.807, 2.05) is 37.4 Å². The summed E-state index contributed by atoms with van der Waals surface area (Å²) in [7, 11) is 1.50. The molecule has 2 aromatic carbocycles. The van der Waals surface area contributed by atoms with Crippen LogP contribution in [-0.4, -0.2) is 64.4 Å². The smallest absolute Gasteiger partial charge is 0.243 e. The highest BCUT2D eigenvalue weighted by atomic mass is 32.2. The van der Waals surface area contributed by atoms with Crippen LogP contribution in [0.4, 0.5) is 0 Å². The zero-order valence-electron chi connectivity index (χ0n) is 20.2. The number of ether oxygens (including phenoxy) is 2. The number of fused-ring (bicyclic) bond motifs is 1. The van der Waals surface area contributed by atoms with Gasteiger partial charge in [0.25, 0.3) is 0 Å². The average Bonchev–Trinajstić information content (AvgIpc) is 3.34. The highest BCUT2D eigenvalue weighted by Gasteiger charge is 2.33. The van der Waals surface area contributed by atoms with E-state index >= 15 is 0 Å². The second-order valence-corrected chi connectivity index (χ2v) is 11.1. The van der Waals surface area contributed by atoms with Gasteiger partial charge in [0, 0.05) is 32.6 Å². The van der Waals surface area contributed by atoms with E-state index in [0.717, 1.165) is 30.4 Å². The molecule has 0 atom stereocenters. The maximum atomic E-state index is 13.2. The standard InChI is InChI=1S/C26H34N2O5S/c1-27(14-11-19-7-10-24(32-2)25(17-19)33-3)26(29)21-12-15-28(16-13-21)34(30,31)23-9-8-20-5-4-6-22(20)18-23/h7-10,17-18,21H,4-6,11-16H2,1-3H3. The fraction of sp³-hybridized carbons (Fsp3) is 0.500. The molecule has 1 heterocycles. The van der Waals surface area contributed by atoms with Gasteiger partial charge in [-0.05, 0) is 79.5 Å². The number of amides is 1. The molecule has 184 valence electrons. The first-order valence-corrected chi connectivity index (χ1v) is 13.4. The number of hydrogen-bond acceptors (Lipinski definition) is 5. The minimum absolute atomic E-state index is 0.0788. The quantitative estimate of drug-likeness (QED) is 0.572. The molecular weight excluding hydrogens is 452 g/mol. The number of nitrogens with zero attached hydrogens (tertiary/aromatic N) is 2. The van der Waals surface area contributed by atoms with Crippen LogP contribution in [0.1, 0.15) is 36.0 Å². The molecule has 1 fully saturated rings. The van der Waals surface area contributed by atoms with Crippen molar-refractivity contribution in [3.05, 3.63) is 53.1 Å². The number of aryl methyl sites for hydroxylation is 2. The fourth-order valence-electron chi connectivity index (χ4n) is 4.96. The number of benzene rings is 2. The minimum atomic E-state index is -3.53. The predicted molar refractivity (Wildman–Crippen MR) is 131 cm³/mol. The van der Waals surface area contributed by atoms with Crippen molar-refractivity contribution in [2.45, 2.75) is 43.4 Å². The molecule has 7 nitrogen and oxygen atoms in total. The Kier molecular flexibility index (Phi) is 7.48. The van der Waals surface area contributed by atoms with Crippen LogP contribution in [0.3, 0.4) is 0 Å². The molecule has 0 saturated carbocycles. The van der Waals surface area contributed by atoms with Gasteiger partial charge in [-0.1, -0.05) is 12.1 Å². The summed E-state index contributed by atoms with van der Waals surface area (Å²) in [6.45, 7) is 1.33. The van der Waals surface area contributed by atoms with Crippen LogP contribution in [0.5, 0.6) is 11.5 Å². The third-order valence-electron chi connectivity index (χ3n) is 7.07. The number of piperidine rings is 1. The van der Waals surface area contributed by atoms with E-state index in [2.05, 4.69) is 0 Å². The van der Waals surface area contributed by atoms with E-state index < -0.39 is 10.0 Å². The van der Waals surface area contributed by atoms with Gasteiger partial charge in [0.1, 0.15) is 0 Å². The van der Waals surface area contributed by atoms with Gasteiger partial charge < -0.3 is 14.4 Å². The Hall–Kier alpha value is -2.58. The molecule has 0 unspecified atom stereocenters. The Balaban J connectivity index is 1.31. The lowest BCUT2D eigenvalue weighted by molar-refractivity contribution is -0.135. The summed E-state index contributed by atoms with van der Waals surface area (Å²) in [4.78, 5) is 15.1. The van der Waals surface area contributed by atoms with E-state index in [0.29, 0.717) is 55.3 Å². The molecule has 34 heavy (non-hydrogen) atoms. The zero-order valence-corrected chi connectivity index (χ0v) is 21.1. The summed E-state index contributed by atoms with van der Waals surface area (Å²) in [6, 6.07) is 11.3. The highest BCUT2D eigenvalue weighted by molar-refractivity contribution is 7.89. The minimum Gasteiger partial charge on any atom is -0.493 e. The lowest BCUT2D eigenvalue weighted by Crippen LogP contribution is -2.43. The van der Waals surface area contributed by atoms with E-state index in [-0.39, 0.29) is 11.8 Å². The Morgan fingerprint density at radius 3 is 2.41 bits per heavy atom. The Morgan fingerprint density at radius 1 is 1.00 bits per heavy atom. The van der Waals surface area contributed by atoms with E-state index in [4.69, 9.17) is 9.47 Å². The fourth-order valence-corrected chi connectivity index (χ4v) is 6.48. The van der Waals surface area contributed by atoms with Gasteiger partial charge >= 0.3 is 0 Å². The summed E-state index contributed by atoms with van der Waals surface area (Å²) >= 11 is 0. The zero-order chi connectivity index (χ0) is 24.3. The first-order chi connectivity index (χ1) is 16.3. The van der Waals surface area contributed by atoms with Gasteiger partial charge in [-0.3, -0.25) is 4.79 Å². The molecule has 8 heteroatoms. The van der Waals surface area contributed by atoms with Crippen LogP contribution < -0.4 is 9.47 Å². The monoisotopic (exact) mass is 486 g/mol. The Bertz CT molecular complexity index is 1140. The molecule has 2 aliphatic rings. The summed E-state index contributed by atoms with van der Waals surface area (Å²) in [6.07, 6.45) is 4.86. The van der Waals surface area contributed by atoms with E-state index in [1.165, 1.54) is 9.87 Å². The predicted octanol–water partition coefficient (Wildman–Crippen LogP) is 3.29. The third kappa shape index (κ3) is 5.08. The number of carbonyl (C=O) groups excluding carboxylic acids is 1. The van der Waals surface area contributed by atoms with Crippen molar-refractivity contribution in [2.24, 2.45) is 5.92 Å². The molecule has 0 N–H and O–H groups in total. The average molecular weight is 487 g/mol. The van der Waals surface area contributed by atoms with Crippen molar-refractivity contribution in [1.82, 2.24) is 9.21 Å². The van der Waals surface area contributed by atoms with Crippen molar-refractivity contribution in [1.29, 1.82) is 0 Å². The second kappa shape index (κ2) is 10.4. The summed E-state index contributed by atoms with van der Waals surface area (Å²) in [5, 5.41) is 0. The van der Waals surface area contributed by atoms with Crippen LogP contribution in [0.15, 0.2) is 41.3 Å². The largest absolute Gasteiger partial charge is 0.493 e. The first-order valence-electron chi connectivity index (χ1n) is 11.9. The lowest BCUT2D eigenvalue weighted by atomic mass is 9.96. The molecular formula is C26H34N2O5S. The number of rotatable bonds is 8. The number of methoxy groups -OCH3 is 2. The normalized spacial score (nSPS) is 16.8. The molecule has 2 aromatic rings. The molecule has 0 aromatic heterocycles. The van der Waals surface area contributed by atoms with Gasteiger partial charge in [0.05, 0.1) is 19.1 Å². The van der Waals surface area contributed by atoms with Crippen molar-refractivity contribution in [3.8, 4) is 11.5 Å². The van der Waals surface area contributed by atoms with Gasteiger partial charge in [-0.2, -0.15) is 4.31 Å². The van der Waals surface area contributed by atoms with Crippen molar-refractivity contribution in [2.75, 3.05) is 40.9 Å². The van der Waals surface area contributed by atoms with E-state index in [1.54, 1.807) is 25.2 Å².